The minimum absolute atomic E-state index is 0.0522. The van der Waals surface area contributed by atoms with Crippen LogP contribution >= 0.6 is 0 Å². The van der Waals surface area contributed by atoms with Crippen LogP contribution in [0.1, 0.15) is 23.5 Å². The number of nitrogens with zero attached hydrogens (tertiary/aromatic N) is 3. The summed E-state index contributed by atoms with van der Waals surface area (Å²) in [5.74, 6) is -0.0117. The fraction of sp³-hybridized carbons (Fsp3) is 0.364. The highest BCUT2D eigenvalue weighted by molar-refractivity contribution is 5.91. The first-order valence-electron chi connectivity index (χ1n) is 9.82. The summed E-state index contributed by atoms with van der Waals surface area (Å²) in [6.45, 7) is 0.770. The van der Waals surface area contributed by atoms with E-state index in [0.29, 0.717) is 18.7 Å². The zero-order chi connectivity index (χ0) is 21.2. The SMILES string of the molecule is Cn1ncc2c(C3C[C@H]3C(=O)N3CC(O)C3)cc(-c3ccc(C(F)(F)F)cc3)cc21. The number of aliphatic hydroxyl groups excluding tert-OH is 1. The molecule has 1 aromatic heterocycles. The van der Waals surface area contributed by atoms with Gasteiger partial charge in [-0.15, -0.1) is 0 Å². The maximum Gasteiger partial charge on any atom is 0.416 e. The second-order valence-electron chi connectivity index (χ2n) is 8.19. The van der Waals surface area contributed by atoms with Gasteiger partial charge in [0.05, 0.1) is 23.4 Å². The van der Waals surface area contributed by atoms with E-state index in [1.165, 1.54) is 12.1 Å². The molecule has 2 atom stereocenters. The lowest BCUT2D eigenvalue weighted by atomic mass is 9.96. The second kappa shape index (κ2) is 6.57. The van der Waals surface area contributed by atoms with Gasteiger partial charge in [-0.05, 0) is 47.2 Å². The summed E-state index contributed by atoms with van der Waals surface area (Å²) in [6, 6.07) is 9.00. The molecule has 1 aliphatic heterocycles. The third-order valence-corrected chi connectivity index (χ3v) is 6.13. The van der Waals surface area contributed by atoms with Crippen molar-refractivity contribution in [2.45, 2.75) is 24.6 Å². The summed E-state index contributed by atoms with van der Waals surface area (Å²) in [7, 11) is 1.82. The molecular weight excluding hydrogens is 395 g/mol. The molecule has 5 rings (SSSR count). The van der Waals surface area contributed by atoms with Crippen molar-refractivity contribution in [2.24, 2.45) is 13.0 Å². The summed E-state index contributed by atoms with van der Waals surface area (Å²) in [5, 5.41) is 14.7. The number of β-amino-alcohol motifs (C(OH)–C–C–N with tert-alkyl or cyclic N) is 1. The van der Waals surface area contributed by atoms with E-state index < -0.39 is 17.8 Å². The summed E-state index contributed by atoms with van der Waals surface area (Å²) in [6.07, 6.45) is -2.30. The fourth-order valence-electron chi connectivity index (χ4n) is 4.28. The molecule has 156 valence electrons. The molecule has 2 heterocycles. The molecule has 0 bridgehead atoms. The molecule has 8 heteroatoms. The predicted octanol–water partition coefficient (Wildman–Crippen LogP) is 3.57. The number of aryl methyl sites for hydroxylation is 1. The van der Waals surface area contributed by atoms with Crippen LogP contribution in [0, 0.1) is 5.92 Å². The quantitative estimate of drug-likeness (QED) is 0.712. The number of amides is 1. The van der Waals surface area contributed by atoms with Gasteiger partial charge in [0.25, 0.3) is 0 Å². The smallest absolute Gasteiger partial charge is 0.389 e. The molecule has 0 spiro atoms. The molecular formula is C22H20F3N3O2. The van der Waals surface area contributed by atoms with Gasteiger partial charge in [0.2, 0.25) is 5.91 Å². The van der Waals surface area contributed by atoms with E-state index in [9.17, 15) is 23.1 Å². The fourth-order valence-corrected chi connectivity index (χ4v) is 4.28. The Labute approximate surface area is 170 Å². The molecule has 0 radical (unpaired) electrons. The Morgan fingerprint density at radius 1 is 1.13 bits per heavy atom. The second-order valence-corrected chi connectivity index (χ2v) is 8.19. The Bertz CT molecular complexity index is 1130. The van der Waals surface area contributed by atoms with Crippen LogP contribution < -0.4 is 0 Å². The van der Waals surface area contributed by atoms with E-state index in [2.05, 4.69) is 5.10 Å². The third kappa shape index (κ3) is 3.15. The number of hydrogen-bond acceptors (Lipinski definition) is 3. The number of rotatable bonds is 3. The van der Waals surface area contributed by atoms with Crippen LogP contribution in [0.4, 0.5) is 13.2 Å². The minimum atomic E-state index is -4.37. The van der Waals surface area contributed by atoms with Crippen LogP contribution in [0.15, 0.2) is 42.6 Å². The highest BCUT2D eigenvalue weighted by atomic mass is 19.4. The van der Waals surface area contributed by atoms with Crippen molar-refractivity contribution in [3.63, 3.8) is 0 Å². The van der Waals surface area contributed by atoms with Gasteiger partial charge in [0.15, 0.2) is 0 Å². The first-order chi connectivity index (χ1) is 14.2. The van der Waals surface area contributed by atoms with Crippen molar-refractivity contribution in [3.8, 4) is 11.1 Å². The van der Waals surface area contributed by atoms with Gasteiger partial charge in [-0.2, -0.15) is 18.3 Å². The molecule has 30 heavy (non-hydrogen) atoms. The summed E-state index contributed by atoms with van der Waals surface area (Å²) < 4.78 is 40.4. The van der Waals surface area contributed by atoms with Gasteiger partial charge >= 0.3 is 6.18 Å². The van der Waals surface area contributed by atoms with Crippen molar-refractivity contribution in [3.05, 3.63) is 53.7 Å². The Kier molecular flexibility index (Phi) is 4.18. The van der Waals surface area contributed by atoms with Crippen LogP contribution in [-0.4, -0.2) is 44.9 Å². The Morgan fingerprint density at radius 2 is 1.83 bits per heavy atom. The van der Waals surface area contributed by atoms with Gasteiger partial charge < -0.3 is 10.0 Å². The number of fused-ring (bicyclic) bond motifs is 1. The first-order valence-corrected chi connectivity index (χ1v) is 9.82. The van der Waals surface area contributed by atoms with E-state index in [1.807, 2.05) is 19.2 Å². The summed E-state index contributed by atoms with van der Waals surface area (Å²) >= 11 is 0. The van der Waals surface area contributed by atoms with E-state index >= 15 is 0 Å². The predicted molar refractivity (Wildman–Crippen MR) is 105 cm³/mol. The maximum atomic E-state index is 12.9. The van der Waals surface area contributed by atoms with Crippen LogP contribution in [0.25, 0.3) is 22.0 Å². The lowest BCUT2D eigenvalue weighted by Gasteiger charge is -2.36. The van der Waals surface area contributed by atoms with Crippen LogP contribution in [0.2, 0.25) is 0 Å². The average molecular weight is 415 g/mol. The van der Waals surface area contributed by atoms with E-state index in [-0.39, 0.29) is 17.7 Å². The molecule has 1 N–H and O–H groups in total. The van der Waals surface area contributed by atoms with E-state index in [0.717, 1.165) is 40.6 Å². The lowest BCUT2D eigenvalue weighted by Crippen LogP contribution is -2.54. The number of hydrogen-bond donors (Lipinski definition) is 1. The molecule has 1 unspecified atom stereocenters. The van der Waals surface area contributed by atoms with E-state index in [1.54, 1.807) is 15.8 Å². The maximum absolute atomic E-state index is 12.9. The van der Waals surface area contributed by atoms with Crippen molar-refractivity contribution in [2.75, 3.05) is 13.1 Å². The monoisotopic (exact) mass is 415 g/mol. The Balaban J connectivity index is 1.50. The molecule has 1 saturated carbocycles. The van der Waals surface area contributed by atoms with Crippen molar-refractivity contribution in [1.82, 2.24) is 14.7 Å². The molecule has 5 nitrogen and oxygen atoms in total. The standard InChI is InChI=1S/C22H20F3N3O2/c1-27-20-7-13(12-2-4-14(5-3-12)22(23,24)25)6-16(19(20)9-26-27)17-8-18(17)21(30)28-10-15(29)11-28/h2-7,9,15,17-18,29H,8,10-11H2,1H3/t17?,18-/m1/s1. The van der Waals surface area contributed by atoms with Gasteiger partial charge in [-0.25, -0.2) is 0 Å². The average Bonchev–Trinajstić information content (AvgIpc) is 3.40. The van der Waals surface area contributed by atoms with Crippen molar-refractivity contribution in [1.29, 1.82) is 0 Å². The minimum Gasteiger partial charge on any atom is -0.389 e. The highest BCUT2D eigenvalue weighted by Crippen LogP contribution is 2.51. The molecule has 1 saturated heterocycles. The normalized spacial score (nSPS) is 21.7. The first kappa shape index (κ1) is 19.1. The van der Waals surface area contributed by atoms with Gasteiger partial charge in [-0.3, -0.25) is 9.48 Å². The van der Waals surface area contributed by atoms with Crippen LogP contribution in [0.5, 0.6) is 0 Å². The number of aromatic nitrogens is 2. The summed E-state index contributed by atoms with van der Waals surface area (Å²) in [4.78, 5) is 14.3. The molecule has 2 aliphatic rings. The van der Waals surface area contributed by atoms with Gasteiger partial charge in [0, 0.05) is 31.4 Å². The summed E-state index contributed by atoms with van der Waals surface area (Å²) in [5.41, 5.74) is 2.67. The molecule has 2 aromatic carbocycles. The third-order valence-electron chi connectivity index (χ3n) is 6.13. The largest absolute Gasteiger partial charge is 0.416 e. The molecule has 3 aromatic rings. The van der Waals surface area contributed by atoms with Gasteiger partial charge in [-0.1, -0.05) is 18.2 Å². The zero-order valence-corrected chi connectivity index (χ0v) is 16.2. The van der Waals surface area contributed by atoms with E-state index in [4.69, 9.17) is 0 Å². The highest BCUT2D eigenvalue weighted by Gasteiger charge is 2.48. The molecule has 1 amide bonds. The molecule has 2 fully saturated rings. The number of alkyl halides is 3. The zero-order valence-electron chi connectivity index (χ0n) is 16.2. The van der Waals surface area contributed by atoms with Crippen molar-refractivity contribution >= 4 is 16.8 Å². The Hall–Kier alpha value is -2.87. The topological polar surface area (TPSA) is 58.4 Å². The lowest BCUT2D eigenvalue weighted by molar-refractivity contribution is -0.142. The number of carbonyl (C=O) groups is 1. The van der Waals surface area contributed by atoms with Crippen LogP contribution in [0.3, 0.4) is 0 Å². The molecule has 1 aliphatic carbocycles. The number of halogens is 3. The number of benzene rings is 2. The number of likely N-dealkylation sites (tertiary alicyclic amines) is 1. The van der Waals surface area contributed by atoms with Crippen LogP contribution in [-0.2, 0) is 18.0 Å². The number of aliphatic hydroxyl groups is 1. The van der Waals surface area contributed by atoms with Crippen molar-refractivity contribution < 1.29 is 23.1 Å². The number of carbonyl (C=O) groups excluding carboxylic acids is 1. The Morgan fingerprint density at radius 3 is 2.47 bits per heavy atom. The van der Waals surface area contributed by atoms with Gasteiger partial charge in [0.1, 0.15) is 0 Å².